The molecule has 0 spiro atoms. The van der Waals surface area contributed by atoms with E-state index in [1.54, 1.807) is 7.05 Å². The molecule has 0 unspecified atom stereocenters. The monoisotopic (exact) mass is 407 g/mol. The molecular formula is C24H29N3O3. The molecule has 3 rings (SSSR count). The van der Waals surface area contributed by atoms with Crippen LogP contribution >= 0.6 is 0 Å². The second-order valence-electron chi connectivity index (χ2n) is 8.67. The number of H-pyrrole nitrogens is 1. The van der Waals surface area contributed by atoms with Gasteiger partial charge in [-0.2, -0.15) is 0 Å². The van der Waals surface area contributed by atoms with Gasteiger partial charge in [-0.05, 0) is 69.5 Å². The fourth-order valence-corrected chi connectivity index (χ4v) is 3.35. The molecule has 2 amide bonds. The van der Waals surface area contributed by atoms with E-state index in [1.165, 1.54) is 4.90 Å². The second-order valence-corrected chi connectivity index (χ2v) is 8.67. The van der Waals surface area contributed by atoms with E-state index < -0.39 is 11.7 Å². The number of hydrogen-bond donors (Lipinski definition) is 2. The Balaban J connectivity index is 1.78. The van der Waals surface area contributed by atoms with Crippen LogP contribution in [-0.2, 0) is 11.3 Å². The van der Waals surface area contributed by atoms with Gasteiger partial charge in [0, 0.05) is 23.6 Å². The molecule has 0 bridgehead atoms. The first-order valence-corrected chi connectivity index (χ1v) is 9.97. The summed E-state index contributed by atoms with van der Waals surface area (Å²) in [5.41, 5.74) is 4.62. The van der Waals surface area contributed by atoms with Gasteiger partial charge in [-0.1, -0.05) is 24.3 Å². The van der Waals surface area contributed by atoms with Crippen LogP contribution in [0.3, 0.4) is 0 Å². The van der Waals surface area contributed by atoms with Gasteiger partial charge in [-0.15, -0.1) is 0 Å². The molecule has 3 aromatic rings. The summed E-state index contributed by atoms with van der Waals surface area (Å²) in [5, 5.41) is 4.00. The highest BCUT2D eigenvalue weighted by molar-refractivity contribution is 6.06. The molecule has 0 aliphatic rings. The molecule has 0 fully saturated rings. The number of rotatable bonds is 4. The number of ether oxygens (including phenoxy) is 1. The average Bonchev–Trinajstić information content (AvgIpc) is 3.06. The molecule has 0 saturated heterocycles. The molecule has 1 aromatic heterocycles. The largest absolute Gasteiger partial charge is 0.444 e. The first-order chi connectivity index (χ1) is 14.0. The third-order valence-electron chi connectivity index (χ3n) is 4.71. The number of para-hydroxylation sites is 1. The number of anilines is 1. The lowest BCUT2D eigenvalue weighted by Gasteiger charge is -2.25. The highest BCUT2D eigenvalue weighted by Crippen LogP contribution is 2.23. The summed E-state index contributed by atoms with van der Waals surface area (Å²) in [7, 11) is 1.68. The quantitative estimate of drug-likeness (QED) is 0.608. The smallest absolute Gasteiger partial charge is 0.410 e. The molecule has 0 aliphatic carbocycles. The third kappa shape index (κ3) is 5.00. The van der Waals surface area contributed by atoms with Crippen LogP contribution in [-0.4, -0.2) is 34.5 Å². The first-order valence-electron chi connectivity index (χ1n) is 9.97. The van der Waals surface area contributed by atoms with Crippen molar-refractivity contribution in [3.05, 3.63) is 64.8 Å². The molecule has 1 heterocycles. The number of amides is 2. The molecule has 0 atom stereocenters. The minimum atomic E-state index is -0.564. The van der Waals surface area contributed by atoms with Crippen LogP contribution in [0.5, 0.6) is 0 Å². The lowest BCUT2D eigenvalue weighted by Crippen LogP contribution is -2.34. The maximum atomic E-state index is 12.9. The Hall–Kier alpha value is -3.28. The van der Waals surface area contributed by atoms with E-state index in [4.69, 9.17) is 4.74 Å². The predicted molar refractivity (Wildman–Crippen MR) is 120 cm³/mol. The molecule has 0 radical (unpaired) electrons. The molecule has 2 aromatic carbocycles. The van der Waals surface area contributed by atoms with Crippen molar-refractivity contribution in [2.45, 2.75) is 46.8 Å². The van der Waals surface area contributed by atoms with E-state index in [0.29, 0.717) is 17.9 Å². The average molecular weight is 408 g/mol. The summed E-state index contributed by atoms with van der Waals surface area (Å²) in [6.07, 6.45) is -0.412. The van der Waals surface area contributed by atoms with Gasteiger partial charge in [0.2, 0.25) is 0 Å². The van der Waals surface area contributed by atoms with Gasteiger partial charge in [0.25, 0.3) is 5.91 Å². The SMILES string of the molecule is Cc1cc(C)c2cc(C(=O)Nc3ccccc3CN(C)C(=O)OC(C)(C)C)[nH]c2c1. The molecule has 0 saturated carbocycles. The number of benzene rings is 2. The van der Waals surface area contributed by atoms with Crippen molar-refractivity contribution in [3.63, 3.8) is 0 Å². The lowest BCUT2D eigenvalue weighted by molar-refractivity contribution is 0.0285. The van der Waals surface area contributed by atoms with E-state index in [2.05, 4.69) is 16.4 Å². The summed E-state index contributed by atoms with van der Waals surface area (Å²) in [5.74, 6) is -0.226. The summed E-state index contributed by atoms with van der Waals surface area (Å²) >= 11 is 0. The number of aryl methyl sites for hydroxylation is 2. The molecule has 0 aliphatic heterocycles. The zero-order valence-corrected chi connectivity index (χ0v) is 18.4. The van der Waals surface area contributed by atoms with Gasteiger partial charge in [-0.3, -0.25) is 4.79 Å². The molecule has 158 valence electrons. The van der Waals surface area contributed by atoms with Crippen LogP contribution in [0.2, 0.25) is 0 Å². The van der Waals surface area contributed by atoms with E-state index in [0.717, 1.165) is 27.6 Å². The Morgan fingerprint density at radius 2 is 1.80 bits per heavy atom. The molecule has 2 N–H and O–H groups in total. The van der Waals surface area contributed by atoms with Gasteiger partial charge in [0.1, 0.15) is 11.3 Å². The minimum absolute atomic E-state index is 0.226. The van der Waals surface area contributed by atoms with Gasteiger partial charge < -0.3 is 19.9 Å². The number of carbonyl (C=O) groups is 2. The zero-order valence-electron chi connectivity index (χ0n) is 18.4. The van der Waals surface area contributed by atoms with Crippen molar-refractivity contribution in [1.82, 2.24) is 9.88 Å². The van der Waals surface area contributed by atoms with Crippen molar-refractivity contribution < 1.29 is 14.3 Å². The number of aromatic amines is 1. The van der Waals surface area contributed by atoms with Gasteiger partial charge in [-0.25, -0.2) is 4.79 Å². The van der Waals surface area contributed by atoms with Crippen molar-refractivity contribution in [2.24, 2.45) is 0 Å². The molecule has 6 heteroatoms. The Morgan fingerprint density at radius 3 is 2.50 bits per heavy atom. The van der Waals surface area contributed by atoms with E-state index in [9.17, 15) is 9.59 Å². The Labute approximate surface area is 177 Å². The predicted octanol–water partition coefficient (Wildman–Crippen LogP) is 5.40. The van der Waals surface area contributed by atoms with Crippen LogP contribution in [0.1, 0.15) is 48.0 Å². The summed E-state index contributed by atoms with van der Waals surface area (Å²) < 4.78 is 5.41. The molecule has 6 nitrogen and oxygen atoms in total. The van der Waals surface area contributed by atoms with Crippen LogP contribution in [0.15, 0.2) is 42.5 Å². The first kappa shape index (κ1) is 21.4. The summed E-state index contributed by atoms with van der Waals surface area (Å²) in [6.45, 7) is 9.87. The fraction of sp³-hybridized carbons (Fsp3) is 0.333. The van der Waals surface area contributed by atoms with E-state index in [1.807, 2.05) is 71.0 Å². The number of hydrogen-bond acceptors (Lipinski definition) is 3. The van der Waals surface area contributed by atoms with Crippen LogP contribution in [0, 0.1) is 13.8 Å². The summed E-state index contributed by atoms with van der Waals surface area (Å²) in [4.78, 5) is 29.9. The van der Waals surface area contributed by atoms with Gasteiger partial charge >= 0.3 is 6.09 Å². The van der Waals surface area contributed by atoms with Crippen molar-refractivity contribution in [1.29, 1.82) is 0 Å². The number of carbonyl (C=O) groups excluding carboxylic acids is 2. The molecular weight excluding hydrogens is 378 g/mol. The van der Waals surface area contributed by atoms with Crippen LogP contribution < -0.4 is 5.32 Å². The maximum Gasteiger partial charge on any atom is 0.410 e. The number of aromatic nitrogens is 1. The molecule has 30 heavy (non-hydrogen) atoms. The van der Waals surface area contributed by atoms with E-state index in [-0.39, 0.29) is 5.91 Å². The van der Waals surface area contributed by atoms with Crippen LogP contribution in [0.4, 0.5) is 10.5 Å². The Kier molecular flexibility index (Phi) is 5.87. The number of nitrogens with zero attached hydrogens (tertiary/aromatic N) is 1. The van der Waals surface area contributed by atoms with Crippen molar-refractivity contribution in [2.75, 3.05) is 12.4 Å². The summed E-state index contributed by atoms with van der Waals surface area (Å²) in [6, 6.07) is 13.4. The third-order valence-corrected chi connectivity index (χ3v) is 4.71. The second kappa shape index (κ2) is 8.22. The fourth-order valence-electron chi connectivity index (χ4n) is 3.35. The Bertz CT molecular complexity index is 1090. The normalized spacial score (nSPS) is 11.4. The standard InChI is InChI=1S/C24H29N3O3/c1-15-11-16(2)18-13-21(25-20(18)12-15)22(28)26-19-10-8-7-9-17(19)14-27(6)23(29)30-24(3,4)5/h7-13,25H,14H2,1-6H3,(H,26,28). The van der Waals surface area contributed by atoms with Gasteiger partial charge in [0.05, 0.1) is 6.54 Å². The number of nitrogens with one attached hydrogen (secondary N) is 2. The Morgan fingerprint density at radius 1 is 1.10 bits per heavy atom. The number of fused-ring (bicyclic) bond motifs is 1. The van der Waals surface area contributed by atoms with Crippen LogP contribution in [0.25, 0.3) is 10.9 Å². The zero-order chi connectivity index (χ0) is 22.1. The topological polar surface area (TPSA) is 74.4 Å². The minimum Gasteiger partial charge on any atom is -0.444 e. The maximum absolute atomic E-state index is 12.9. The highest BCUT2D eigenvalue weighted by Gasteiger charge is 2.21. The highest BCUT2D eigenvalue weighted by atomic mass is 16.6. The van der Waals surface area contributed by atoms with E-state index >= 15 is 0 Å². The van der Waals surface area contributed by atoms with Crippen molar-refractivity contribution >= 4 is 28.6 Å². The van der Waals surface area contributed by atoms with Crippen molar-refractivity contribution in [3.8, 4) is 0 Å². The van der Waals surface area contributed by atoms with Gasteiger partial charge in [0.15, 0.2) is 0 Å². The lowest BCUT2D eigenvalue weighted by atomic mass is 10.1.